The van der Waals surface area contributed by atoms with E-state index in [2.05, 4.69) is 14.9 Å². The van der Waals surface area contributed by atoms with Crippen LogP contribution < -0.4 is 4.90 Å². The van der Waals surface area contributed by atoms with Gasteiger partial charge in [0.05, 0.1) is 5.39 Å². The first-order valence-corrected chi connectivity index (χ1v) is 10.9. The summed E-state index contributed by atoms with van der Waals surface area (Å²) in [7, 11) is 0. The first kappa shape index (κ1) is 22.7. The van der Waals surface area contributed by atoms with Gasteiger partial charge in [0, 0.05) is 42.6 Å². The van der Waals surface area contributed by atoms with Crippen molar-refractivity contribution in [2.24, 2.45) is 0 Å². The van der Waals surface area contributed by atoms with Crippen LogP contribution in [-0.2, 0) is 4.74 Å². The van der Waals surface area contributed by atoms with E-state index in [0.29, 0.717) is 41.2 Å². The monoisotopic (exact) mass is 453 g/mol. The maximum Gasteiger partial charge on any atom is 0.410 e. The van der Waals surface area contributed by atoms with Crippen LogP contribution >= 0.6 is 0 Å². The number of rotatable bonds is 3. The van der Waals surface area contributed by atoms with Gasteiger partial charge >= 0.3 is 6.09 Å². The molecule has 9 heteroatoms. The van der Waals surface area contributed by atoms with Gasteiger partial charge < -0.3 is 19.1 Å². The van der Waals surface area contributed by atoms with Crippen LogP contribution in [0.15, 0.2) is 36.8 Å². The number of amides is 1. The summed E-state index contributed by atoms with van der Waals surface area (Å²) in [5, 5.41) is 0.599. The number of nitrogens with zero attached hydrogens (tertiary/aromatic N) is 5. The normalized spacial score (nSPS) is 19.1. The molecule has 0 N–H and O–H groups in total. The van der Waals surface area contributed by atoms with Gasteiger partial charge in [0.2, 0.25) is 0 Å². The lowest BCUT2D eigenvalue weighted by Crippen LogP contribution is -2.59. The van der Waals surface area contributed by atoms with Crippen LogP contribution in [0.1, 0.15) is 45.0 Å². The number of anilines is 1. The molecule has 2 aromatic heterocycles. The molecule has 0 saturated carbocycles. The lowest BCUT2D eigenvalue weighted by Gasteiger charge is -2.44. The quantitative estimate of drug-likeness (QED) is 0.553. The molecule has 3 heterocycles. The molecule has 33 heavy (non-hydrogen) atoms. The van der Waals surface area contributed by atoms with E-state index in [-0.39, 0.29) is 24.0 Å². The number of ether oxygens (including phenoxy) is 1. The average Bonchev–Trinajstić information content (AvgIpc) is 3.13. The van der Waals surface area contributed by atoms with Crippen LogP contribution in [0, 0.1) is 5.82 Å². The Bertz CT molecular complexity index is 1200. The minimum atomic E-state index is -0.575. The van der Waals surface area contributed by atoms with Crippen LogP contribution in [0.4, 0.5) is 15.0 Å². The van der Waals surface area contributed by atoms with Gasteiger partial charge in [0.15, 0.2) is 11.9 Å². The highest BCUT2D eigenvalue weighted by Crippen LogP contribution is 2.32. The molecule has 3 aromatic rings. The smallest absolute Gasteiger partial charge is 0.410 e. The summed E-state index contributed by atoms with van der Waals surface area (Å²) < 4.78 is 21.1. The Balaban J connectivity index is 1.72. The third-order valence-electron chi connectivity index (χ3n) is 5.69. The zero-order valence-electron chi connectivity index (χ0n) is 19.4. The molecule has 0 spiro atoms. The van der Waals surface area contributed by atoms with Crippen molar-refractivity contribution in [3.8, 4) is 5.69 Å². The topological polar surface area (TPSA) is 80.6 Å². The summed E-state index contributed by atoms with van der Waals surface area (Å²) in [5.41, 5.74) is 0.921. The standard InChI is InChI=1S/C24H28FN5O3/c1-15-11-29(23(32)33-24(3,4)5)16(2)10-28(15)21-20-17(13-31)12-30(22(20)27-14-26-21)19-8-6-7-18(25)9-19/h6-9,12-16H,10-11H2,1-5H3. The van der Waals surface area contributed by atoms with Crippen molar-refractivity contribution in [3.05, 3.63) is 48.2 Å². The molecule has 4 rings (SSSR count). The van der Waals surface area contributed by atoms with Crippen LogP contribution in [-0.4, -0.2) is 62.6 Å². The molecule has 0 aliphatic carbocycles. The summed E-state index contributed by atoms with van der Waals surface area (Å²) in [5.74, 6) is 0.234. The van der Waals surface area contributed by atoms with Gasteiger partial charge in [0.25, 0.3) is 0 Å². The van der Waals surface area contributed by atoms with Crippen molar-refractivity contribution in [1.82, 2.24) is 19.4 Å². The number of aldehydes is 1. The van der Waals surface area contributed by atoms with Gasteiger partial charge in [-0.3, -0.25) is 4.79 Å². The van der Waals surface area contributed by atoms with E-state index >= 15 is 0 Å². The number of halogens is 1. The van der Waals surface area contributed by atoms with Crippen LogP contribution in [0.3, 0.4) is 0 Å². The molecule has 1 aromatic carbocycles. The van der Waals surface area contributed by atoms with Gasteiger partial charge in [-0.15, -0.1) is 0 Å². The molecule has 8 nitrogen and oxygen atoms in total. The summed E-state index contributed by atoms with van der Waals surface area (Å²) in [4.78, 5) is 37.4. The zero-order chi connectivity index (χ0) is 23.9. The molecule has 1 aliphatic heterocycles. The van der Waals surface area contributed by atoms with E-state index in [1.54, 1.807) is 27.8 Å². The maximum absolute atomic E-state index is 13.8. The Labute approximate surface area is 192 Å². The zero-order valence-corrected chi connectivity index (χ0v) is 19.4. The lowest BCUT2D eigenvalue weighted by molar-refractivity contribution is 0.0130. The molecule has 2 unspecified atom stereocenters. The predicted octanol–water partition coefficient (Wildman–Crippen LogP) is 4.21. The molecule has 1 saturated heterocycles. The number of hydrogen-bond acceptors (Lipinski definition) is 6. The molecule has 0 bridgehead atoms. The third-order valence-corrected chi connectivity index (χ3v) is 5.69. The van der Waals surface area contributed by atoms with Gasteiger partial charge in [-0.05, 0) is 52.8 Å². The number of hydrogen-bond donors (Lipinski definition) is 0. The molecule has 0 radical (unpaired) electrons. The van der Waals surface area contributed by atoms with Crippen molar-refractivity contribution < 1.29 is 18.7 Å². The highest BCUT2D eigenvalue weighted by atomic mass is 19.1. The van der Waals surface area contributed by atoms with Crippen molar-refractivity contribution in [1.29, 1.82) is 0 Å². The first-order chi connectivity index (χ1) is 15.6. The highest BCUT2D eigenvalue weighted by molar-refractivity contribution is 6.03. The minimum absolute atomic E-state index is 0.0798. The second-order valence-electron chi connectivity index (χ2n) is 9.43. The number of fused-ring (bicyclic) bond motifs is 1. The Morgan fingerprint density at radius 3 is 2.61 bits per heavy atom. The summed E-state index contributed by atoms with van der Waals surface area (Å²) in [6.45, 7) is 10.4. The number of aromatic nitrogens is 3. The predicted molar refractivity (Wildman–Crippen MR) is 123 cm³/mol. The Morgan fingerprint density at radius 1 is 1.18 bits per heavy atom. The van der Waals surface area contributed by atoms with Gasteiger partial charge in [-0.1, -0.05) is 6.07 Å². The highest BCUT2D eigenvalue weighted by Gasteiger charge is 2.36. The number of carbonyl (C=O) groups is 2. The largest absolute Gasteiger partial charge is 0.444 e. The Kier molecular flexibility index (Phi) is 5.82. The fraction of sp³-hybridized carbons (Fsp3) is 0.417. The Morgan fingerprint density at radius 2 is 1.94 bits per heavy atom. The van der Waals surface area contributed by atoms with Crippen molar-refractivity contribution in [2.45, 2.75) is 52.3 Å². The average molecular weight is 454 g/mol. The molecular weight excluding hydrogens is 425 g/mol. The third kappa shape index (κ3) is 4.40. The minimum Gasteiger partial charge on any atom is -0.444 e. The van der Waals surface area contributed by atoms with E-state index in [9.17, 15) is 14.0 Å². The number of benzene rings is 1. The fourth-order valence-electron chi connectivity index (χ4n) is 4.20. The van der Waals surface area contributed by atoms with Crippen LogP contribution in [0.2, 0.25) is 0 Å². The second kappa shape index (κ2) is 8.46. The lowest BCUT2D eigenvalue weighted by atomic mass is 10.1. The van der Waals surface area contributed by atoms with Crippen LogP contribution in [0.5, 0.6) is 0 Å². The second-order valence-corrected chi connectivity index (χ2v) is 9.43. The number of piperazine rings is 1. The number of carbonyl (C=O) groups excluding carboxylic acids is 2. The van der Waals surface area contributed by atoms with E-state index in [1.165, 1.54) is 18.5 Å². The fourth-order valence-corrected chi connectivity index (χ4v) is 4.20. The van der Waals surface area contributed by atoms with Gasteiger partial charge in [-0.25, -0.2) is 19.2 Å². The summed E-state index contributed by atoms with van der Waals surface area (Å²) >= 11 is 0. The molecule has 174 valence electrons. The first-order valence-electron chi connectivity index (χ1n) is 10.9. The van der Waals surface area contributed by atoms with E-state index in [0.717, 1.165) is 6.29 Å². The molecule has 1 amide bonds. The van der Waals surface area contributed by atoms with E-state index < -0.39 is 5.60 Å². The van der Waals surface area contributed by atoms with Crippen molar-refractivity contribution in [2.75, 3.05) is 18.0 Å². The van der Waals surface area contributed by atoms with E-state index in [1.807, 2.05) is 34.6 Å². The SMILES string of the molecule is CC1CN(c2ncnc3c2c(C=O)cn3-c2cccc(F)c2)C(C)CN1C(=O)OC(C)(C)C. The van der Waals surface area contributed by atoms with Crippen LogP contribution in [0.25, 0.3) is 16.7 Å². The maximum atomic E-state index is 13.8. The molecular formula is C24H28FN5O3. The van der Waals surface area contributed by atoms with E-state index in [4.69, 9.17) is 4.74 Å². The summed E-state index contributed by atoms with van der Waals surface area (Å²) in [6.07, 6.45) is 3.51. The summed E-state index contributed by atoms with van der Waals surface area (Å²) in [6, 6.07) is 5.90. The Hall–Kier alpha value is -3.49. The van der Waals surface area contributed by atoms with Gasteiger partial charge in [-0.2, -0.15) is 0 Å². The van der Waals surface area contributed by atoms with Crippen molar-refractivity contribution >= 4 is 29.2 Å². The molecule has 2 atom stereocenters. The van der Waals surface area contributed by atoms with Crippen molar-refractivity contribution in [3.63, 3.8) is 0 Å². The molecule has 1 fully saturated rings. The molecule has 1 aliphatic rings. The van der Waals surface area contributed by atoms with Gasteiger partial charge in [0.1, 0.15) is 23.6 Å².